The minimum absolute atomic E-state index is 0.0883. The van der Waals surface area contributed by atoms with Crippen LogP contribution in [0.1, 0.15) is 0 Å². The largest absolute Gasteiger partial charge is 0.332 e. The van der Waals surface area contributed by atoms with E-state index in [0.29, 0.717) is 16.6 Å². The normalized spacial score (nSPS) is 10.2. The Morgan fingerprint density at radius 1 is 1.00 bits per heavy atom. The van der Waals surface area contributed by atoms with E-state index in [0.717, 1.165) is 5.56 Å². The second-order valence-corrected chi connectivity index (χ2v) is 4.81. The van der Waals surface area contributed by atoms with E-state index in [1.165, 1.54) is 0 Å². The minimum Gasteiger partial charge on any atom is -0.332 e. The second kappa shape index (κ2) is 6.28. The summed E-state index contributed by atoms with van der Waals surface area (Å²) < 4.78 is 5.10. The van der Waals surface area contributed by atoms with Crippen LogP contribution in [0.5, 0.6) is 0 Å². The molecule has 22 heavy (non-hydrogen) atoms. The van der Waals surface area contributed by atoms with Gasteiger partial charge in [-0.1, -0.05) is 29.8 Å². The SMILES string of the molecule is O=C(Nc1ccc(Cl)cc1)Nc1noc(-c2ccccc2)n1. The molecule has 3 aromatic rings. The van der Waals surface area contributed by atoms with Crippen LogP contribution in [-0.4, -0.2) is 16.2 Å². The van der Waals surface area contributed by atoms with Crippen molar-refractivity contribution in [2.24, 2.45) is 0 Å². The second-order valence-electron chi connectivity index (χ2n) is 4.38. The maximum Gasteiger partial charge on any atom is 0.326 e. The molecule has 0 aliphatic rings. The van der Waals surface area contributed by atoms with Gasteiger partial charge >= 0.3 is 6.03 Å². The summed E-state index contributed by atoms with van der Waals surface area (Å²) in [4.78, 5) is 15.9. The van der Waals surface area contributed by atoms with Gasteiger partial charge in [0.25, 0.3) is 11.8 Å². The molecule has 0 atom stereocenters. The molecule has 6 nitrogen and oxygen atoms in total. The molecule has 2 aromatic carbocycles. The standard InChI is InChI=1S/C15H11ClN4O2/c16-11-6-8-12(9-7-11)17-15(21)19-14-18-13(22-20-14)10-4-2-1-3-5-10/h1-9H,(H2,17,19,20,21). The van der Waals surface area contributed by atoms with Crippen molar-refractivity contribution < 1.29 is 9.32 Å². The van der Waals surface area contributed by atoms with Crippen molar-refractivity contribution in [3.05, 3.63) is 59.6 Å². The van der Waals surface area contributed by atoms with E-state index >= 15 is 0 Å². The Morgan fingerprint density at radius 2 is 1.73 bits per heavy atom. The van der Waals surface area contributed by atoms with Crippen LogP contribution in [0.4, 0.5) is 16.4 Å². The maximum atomic E-state index is 11.8. The highest BCUT2D eigenvalue weighted by Crippen LogP contribution is 2.18. The molecule has 2 N–H and O–H groups in total. The minimum atomic E-state index is -0.470. The van der Waals surface area contributed by atoms with Crippen LogP contribution in [0.15, 0.2) is 59.1 Å². The topological polar surface area (TPSA) is 80.0 Å². The van der Waals surface area contributed by atoms with Gasteiger partial charge in [-0.3, -0.25) is 5.32 Å². The highest BCUT2D eigenvalue weighted by Gasteiger charge is 2.11. The lowest BCUT2D eigenvalue weighted by Crippen LogP contribution is -2.20. The van der Waals surface area contributed by atoms with Gasteiger partial charge in [-0.25, -0.2) is 4.79 Å². The number of urea groups is 1. The van der Waals surface area contributed by atoms with E-state index in [4.69, 9.17) is 16.1 Å². The summed E-state index contributed by atoms with van der Waals surface area (Å²) in [6.45, 7) is 0. The van der Waals surface area contributed by atoms with Gasteiger partial charge in [0.15, 0.2) is 0 Å². The molecule has 0 bridgehead atoms. The number of nitrogens with zero attached hydrogens (tertiary/aromatic N) is 2. The summed E-state index contributed by atoms with van der Waals surface area (Å²) in [6.07, 6.45) is 0. The molecule has 1 aromatic heterocycles. The van der Waals surface area contributed by atoms with E-state index in [1.807, 2.05) is 30.3 Å². The van der Waals surface area contributed by atoms with Crippen molar-refractivity contribution in [3.63, 3.8) is 0 Å². The molecule has 7 heteroatoms. The summed E-state index contributed by atoms with van der Waals surface area (Å²) in [5, 5.41) is 9.44. The van der Waals surface area contributed by atoms with Crippen molar-refractivity contribution >= 4 is 29.3 Å². The molecule has 3 rings (SSSR count). The zero-order valence-corrected chi connectivity index (χ0v) is 12.0. The lowest BCUT2D eigenvalue weighted by atomic mass is 10.2. The van der Waals surface area contributed by atoms with E-state index in [-0.39, 0.29) is 5.95 Å². The van der Waals surface area contributed by atoms with Gasteiger partial charge in [0.1, 0.15) is 0 Å². The number of hydrogen-bond acceptors (Lipinski definition) is 4. The van der Waals surface area contributed by atoms with Crippen LogP contribution < -0.4 is 10.6 Å². The van der Waals surface area contributed by atoms with Crippen molar-refractivity contribution in [2.75, 3.05) is 10.6 Å². The highest BCUT2D eigenvalue weighted by atomic mass is 35.5. The smallest absolute Gasteiger partial charge is 0.326 e. The van der Waals surface area contributed by atoms with Crippen LogP contribution in [0.3, 0.4) is 0 Å². The number of carbonyl (C=O) groups excluding carboxylic acids is 1. The van der Waals surface area contributed by atoms with Gasteiger partial charge in [0.05, 0.1) is 0 Å². The van der Waals surface area contributed by atoms with Gasteiger partial charge < -0.3 is 9.84 Å². The average molecular weight is 315 g/mol. The summed E-state index contributed by atoms with van der Waals surface area (Å²) in [7, 11) is 0. The number of aromatic nitrogens is 2. The Bertz CT molecular complexity index is 772. The quantitative estimate of drug-likeness (QED) is 0.764. The zero-order valence-electron chi connectivity index (χ0n) is 11.3. The van der Waals surface area contributed by atoms with Gasteiger partial charge in [-0.2, -0.15) is 4.98 Å². The van der Waals surface area contributed by atoms with Crippen molar-refractivity contribution in [2.45, 2.75) is 0 Å². The Hall–Kier alpha value is -2.86. The van der Waals surface area contributed by atoms with Crippen LogP contribution in [0.2, 0.25) is 5.02 Å². The number of benzene rings is 2. The van der Waals surface area contributed by atoms with E-state index < -0.39 is 6.03 Å². The summed E-state index contributed by atoms with van der Waals surface area (Å²) in [5.41, 5.74) is 1.38. The fourth-order valence-electron chi connectivity index (χ4n) is 1.77. The number of anilines is 2. The highest BCUT2D eigenvalue weighted by molar-refractivity contribution is 6.30. The van der Waals surface area contributed by atoms with Crippen LogP contribution in [0, 0.1) is 0 Å². The van der Waals surface area contributed by atoms with Crippen molar-refractivity contribution in [3.8, 4) is 11.5 Å². The van der Waals surface area contributed by atoms with Crippen LogP contribution in [0.25, 0.3) is 11.5 Å². The maximum absolute atomic E-state index is 11.8. The molecule has 0 aliphatic heterocycles. The fraction of sp³-hybridized carbons (Fsp3) is 0. The van der Waals surface area contributed by atoms with Gasteiger partial charge in [-0.05, 0) is 41.6 Å². The van der Waals surface area contributed by atoms with Crippen molar-refractivity contribution in [1.82, 2.24) is 10.1 Å². The van der Waals surface area contributed by atoms with E-state index in [2.05, 4.69) is 20.8 Å². The molecule has 0 spiro atoms. The number of amides is 2. The summed E-state index contributed by atoms with van der Waals surface area (Å²) >= 11 is 5.78. The molecule has 2 amide bonds. The first kappa shape index (κ1) is 14.1. The predicted octanol–water partition coefficient (Wildman–Crippen LogP) is 4.03. The summed E-state index contributed by atoms with van der Waals surface area (Å²) in [5.74, 6) is 0.424. The molecule has 0 saturated heterocycles. The molecule has 1 heterocycles. The van der Waals surface area contributed by atoms with Gasteiger partial charge in [0, 0.05) is 16.3 Å². The zero-order chi connectivity index (χ0) is 15.4. The molecule has 0 unspecified atom stereocenters. The number of halogens is 1. The van der Waals surface area contributed by atoms with Gasteiger partial charge in [-0.15, -0.1) is 0 Å². The third-order valence-corrected chi connectivity index (χ3v) is 3.03. The van der Waals surface area contributed by atoms with Gasteiger partial charge in [0.2, 0.25) is 0 Å². The molecular weight excluding hydrogens is 304 g/mol. The number of nitrogens with one attached hydrogen (secondary N) is 2. The predicted molar refractivity (Wildman–Crippen MR) is 83.8 cm³/mol. The monoisotopic (exact) mass is 314 g/mol. The average Bonchev–Trinajstić information content (AvgIpc) is 2.99. The first-order chi connectivity index (χ1) is 10.7. The molecule has 0 saturated carbocycles. The van der Waals surface area contributed by atoms with E-state index in [1.54, 1.807) is 24.3 Å². The van der Waals surface area contributed by atoms with Crippen LogP contribution >= 0.6 is 11.6 Å². The molecule has 0 aliphatic carbocycles. The molecule has 0 radical (unpaired) electrons. The Kier molecular flexibility index (Phi) is 4.02. The third kappa shape index (κ3) is 3.42. The Labute approximate surface area is 131 Å². The summed E-state index contributed by atoms with van der Waals surface area (Å²) in [6, 6.07) is 15.6. The Morgan fingerprint density at radius 3 is 2.45 bits per heavy atom. The number of carbonyl (C=O) groups is 1. The van der Waals surface area contributed by atoms with Crippen molar-refractivity contribution in [1.29, 1.82) is 0 Å². The first-order valence-corrected chi connectivity index (χ1v) is 6.81. The number of rotatable bonds is 3. The fourth-order valence-corrected chi connectivity index (χ4v) is 1.90. The third-order valence-electron chi connectivity index (χ3n) is 2.77. The van der Waals surface area contributed by atoms with Crippen LogP contribution in [-0.2, 0) is 0 Å². The lowest BCUT2D eigenvalue weighted by Gasteiger charge is -2.04. The molecule has 0 fully saturated rings. The lowest BCUT2D eigenvalue weighted by molar-refractivity contribution is 0.262. The molecular formula is C15H11ClN4O2. The number of hydrogen-bond donors (Lipinski definition) is 2. The molecule has 110 valence electrons. The Balaban J connectivity index is 1.65. The first-order valence-electron chi connectivity index (χ1n) is 6.43. The van der Waals surface area contributed by atoms with E-state index in [9.17, 15) is 4.79 Å².